The largest absolute Gasteiger partial charge is 0.378 e. The van der Waals surface area contributed by atoms with Gasteiger partial charge in [0.25, 0.3) is 0 Å². The molecule has 0 atom stereocenters. The molecule has 4 rings (SSSR count). The van der Waals surface area contributed by atoms with E-state index in [0.717, 1.165) is 75.2 Å². The Morgan fingerprint density at radius 1 is 0.808 bits per heavy atom. The van der Waals surface area contributed by atoms with E-state index in [1.54, 1.807) is 11.8 Å². The minimum atomic E-state index is 0.759. The molecule has 0 aliphatic carbocycles. The maximum absolute atomic E-state index is 5.43. The van der Waals surface area contributed by atoms with Crippen molar-refractivity contribution in [1.29, 1.82) is 0 Å². The summed E-state index contributed by atoms with van der Waals surface area (Å²) in [5, 5.41) is 0.812. The van der Waals surface area contributed by atoms with Crippen molar-refractivity contribution in [2.24, 2.45) is 0 Å². The van der Waals surface area contributed by atoms with Gasteiger partial charge in [0.05, 0.1) is 13.2 Å². The molecule has 0 amide bonds. The number of rotatable bonds is 4. The first kappa shape index (κ1) is 17.3. The molecule has 0 bridgehead atoms. The molecule has 0 aromatic carbocycles. The molecule has 4 heterocycles. The molecule has 9 heteroatoms. The van der Waals surface area contributed by atoms with E-state index in [9.17, 15) is 0 Å². The van der Waals surface area contributed by atoms with Crippen LogP contribution in [0.3, 0.4) is 0 Å². The molecule has 0 N–H and O–H groups in total. The van der Waals surface area contributed by atoms with Crippen LogP contribution in [0.2, 0.25) is 0 Å². The van der Waals surface area contributed by atoms with Crippen molar-refractivity contribution in [2.45, 2.75) is 5.16 Å². The molecule has 0 spiro atoms. The molecule has 26 heavy (non-hydrogen) atoms. The lowest BCUT2D eigenvalue weighted by molar-refractivity contribution is 0.122. The van der Waals surface area contributed by atoms with Crippen molar-refractivity contribution in [3.63, 3.8) is 0 Å². The van der Waals surface area contributed by atoms with Crippen LogP contribution in [0.4, 0.5) is 17.6 Å². The summed E-state index contributed by atoms with van der Waals surface area (Å²) in [5.41, 5.74) is 0. The van der Waals surface area contributed by atoms with Gasteiger partial charge in [-0.3, -0.25) is 0 Å². The van der Waals surface area contributed by atoms with E-state index in [2.05, 4.69) is 29.7 Å². The van der Waals surface area contributed by atoms with Crippen LogP contribution in [0.15, 0.2) is 29.7 Å². The Hall–Kier alpha value is -2.13. The Kier molecular flexibility index (Phi) is 5.35. The summed E-state index contributed by atoms with van der Waals surface area (Å²) in [6.45, 7) is 6.84. The van der Waals surface area contributed by atoms with Crippen molar-refractivity contribution >= 4 is 29.3 Å². The van der Waals surface area contributed by atoms with Crippen LogP contribution in [0.5, 0.6) is 0 Å². The Labute approximate surface area is 157 Å². The van der Waals surface area contributed by atoms with Gasteiger partial charge in [-0.05, 0) is 18.4 Å². The van der Waals surface area contributed by atoms with Gasteiger partial charge < -0.3 is 19.4 Å². The van der Waals surface area contributed by atoms with Gasteiger partial charge in [-0.15, -0.1) is 0 Å². The maximum Gasteiger partial charge on any atom is 0.227 e. The van der Waals surface area contributed by atoms with Crippen LogP contribution >= 0.6 is 11.8 Å². The fraction of sp³-hybridized carbons (Fsp3) is 0.529. The standard InChI is InChI=1S/C17H23N7OS/c1-26-17-19-5-3-15(21-17)22-6-8-24(9-7-22)16-18-4-2-14(20-16)23-10-12-25-13-11-23/h2-5H,6-13H2,1H3. The Balaban J connectivity index is 1.41. The lowest BCUT2D eigenvalue weighted by Crippen LogP contribution is -2.47. The molecule has 0 unspecified atom stereocenters. The molecule has 138 valence electrons. The number of ether oxygens (including phenoxy) is 1. The first-order valence-electron chi connectivity index (χ1n) is 8.86. The number of piperazine rings is 1. The van der Waals surface area contributed by atoms with Gasteiger partial charge in [-0.1, -0.05) is 11.8 Å². The SMILES string of the molecule is CSc1nccc(N2CCN(c3nccc(N4CCOCC4)n3)CC2)n1. The third-order valence-electron chi connectivity index (χ3n) is 4.65. The zero-order valence-corrected chi connectivity index (χ0v) is 15.7. The molecule has 0 radical (unpaired) electrons. The van der Waals surface area contributed by atoms with Gasteiger partial charge in [0, 0.05) is 51.7 Å². The minimum Gasteiger partial charge on any atom is -0.378 e. The van der Waals surface area contributed by atoms with Crippen LogP contribution in [-0.4, -0.2) is 78.7 Å². The molecule has 2 aliphatic rings. The molecule has 2 aromatic rings. The Morgan fingerprint density at radius 2 is 1.42 bits per heavy atom. The fourth-order valence-corrected chi connectivity index (χ4v) is 3.55. The van der Waals surface area contributed by atoms with Crippen molar-refractivity contribution in [2.75, 3.05) is 73.4 Å². The second kappa shape index (κ2) is 8.05. The maximum atomic E-state index is 5.43. The summed E-state index contributed by atoms with van der Waals surface area (Å²) < 4.78 is 5.43. The number of aromatic nitrogens is 4. The van der Waals surface area contributed by atoms with Gasteiger partial charge >= 0.3 is 0 Å². The van der Waals surface area contributed by atoms with E-state index in [4.69, 9.17) is 9.72 Å². The topological polar surface area (TPSA) is 70.5 Å². The summed E-state index contributed by atoms with van der Waals surface area (Å²) in [4.78, 5) is 24.9. The molecule has 2 saturated heterocycles. The summed E-state index contributed by atoms with van der Waals surface area (Å²) in [6.07, 6.45) is 5.68. The van der Waals surface area contributed by atoms with E-state index in [1.165, 1.54) is 0 Å². The van der Waals surface area contributed by atoms with Crippen LogP contribution in [0.25, 0.3) is 0 Å². The van der Waals surface area contributed by atoms with Crippen LogP contribution in [-0.2, 0) is 4.74 Å². The van der Waals surface area contributed by atoms with E-state index in [-0.39, 0.29) is 0 Å². The quantitative estimate of drug-likeness (QED) is 0.580. The predicted octanol–water partition coefficient (Wildman–Crippen LogP) is 1.15. The molecule has 2 fully saturated rings. The lowest BCUT2D eigenvalue weighted by Gasteiger charge is -2.36. The van der Waals surface area contributed by atoms with Gasteiger partial charge in [0.15, 0.2) is 5.16 Å². The number of nitrogens with zero attached hydrogens (tertiary/aromatic N) is 7. The Bertz CT molecular complexity index is 733. The molecule has 2 aliphatic heterocycles. The smallest absolute Gasteiger partial charge is 0.227 e. The van der Waals surface area contributed by atoms with Crippen LogP contribution in [0, 0.1) is 0 Å². The molecule has 2 aromatic heterocycles. The molecular weight excluding hydrogens is 350 g/mol. The van der Waals surface area contributed by atoms with Gasteiger partial charge in [0.2, 0.25) is 5.95 Å². The van der Waals surface area contributed by atoms with Crippen LogP contribution < -0.4 is 14.7 Å². The number of hydrogen-bond acceptors (Lipinski definition) is 9. The van der Waals surface area contributed by atoms with E-state index >= 15 is 0 Å². The van der Waals surface area contributed by atoms with E-state index < -0.39 is 0 Å². The first-order chi connectivity index (χ1) is 12.8. The zero-order valence-electron chi connectivity index (χ0n) is 14.9. The van der Waals surface area contributed by atoms with Crippen LogP contribution in [0.1, 0.15) is 0 Å². The molecule has 8 nitrogen and oxygen atoms in total. The van der Waals surface area contributed by atoms with Gasteiger partial charge in [-0.2, -0.15) is 4.98 Å². The summed E-state index contributed by atoms with van der Waals surface area (Å²) in [6, 6.07) is 3.96. The summed E-state index contributed by atoms with van der Waals surface area (Å²) in [7, 11) is 0. The highest BCUT2D eigenvalue weighted by molar-refractivity contribution is 7.98. The third kappa shape index (κ3) is 3.83. The summed E-state index contributed by atoms with van der Waals surface area (Å²) in [5.74, 6) is 2.79. The number of morpholine rings is 1. The molecule has 0 saturated carbocycles. The fourth-order valence-electron chi connectivity index (χ4n) is 3.20. The average Bonchev–Trinajstić information content (AvgIpc) is 2.75. The lowest BCUT2D eigenvalue weighted by atomic mass is 10.3. The number of thioether (sulfide) groups is 1. The van der Waals surface area contributed by atoms with Crippen molar-refractivity contribution in [1.82, 2.24) is 19.9 Å². The highest BCUT2D eigenvalue weighted by atomic mass is 32.2. The predicted molar refractivity (Wildman–Crippen MR) is 103 cm³/mol. The van der Waals surface area contributed by atoms with Gasteiger partial charge in [-0.25, -0.2) is 15.0 Å². The second-order valence-corrected chi connectivity index (χ2v) is 6.96. The third-order valence-corrected chi connectivity index (χ3v) is 5.21. The zero-order chi connectivity index (χ0) is 17.8. The highest BCUT2D eigenvalue weighted by Gasteiger charge is 2.21. The Morgan fingerprint density at radius 3 is 2.15 bits per heavy atom. The van der Waals surface area contributed by atoms with Crippen molar-refractivity contribution in [3.8, 4) is 0 Å². The van der Waals surface area contributed by atoms with Gasteiger partial charge in [0.1, 0.15) is 11.6 Å². The molecular formula is C17H23N7OS. The second-order valence-electron chi connectivity index (χ2n) is 6.19. The first-order valence-corrected chi connectivity index (χ1v) is 10.1. The normalized spacial score (nSPS) is 18.3. The minimum absolute atomic E-state index is 0.759. The number of hydrogen-bond donors (Lipinski definition) is 0. The monoisotopic (exact) mass is 373 g/mol. The highest BCUT2D eigenvalue weighted by Crippen LogP contribution is 2.20. The van der Waals surface area contributed by atoms with Crippen molar-refractivity contribution in [3.05, 3.63) is 24.5 Å². The van der Waals surface area contributed by atoms with E-state index in [1.807, 2.05) is 30.8 Å². The van der Waals surface area contributed by atoms with Crippen molar-refractivity contribution < 1.29 is 4.74 Å². The average molecular weight is 373 g/mol. The number of anilines is 3. The van der Waals surface area contributed by atoms with E-state index in [0.29, 0.717) is 0 Å². The summed E-state index contributed by atoms with van der Waals surface area (Å²) >= 11 is 1.57.